The molecule has 1 heterocycles. The molecular formula is C28H29F3N4O4. The molecule has 1 saturated heterocycles. The molecular weight excluding hydrogens is 513 g/mol. The van der Waals surface area contributed by atoms with Crippen molar-refractivity contribution in [3.8, 4) is 11.5 Å². The molecule has 206 valence electrons. The molecule has 3 N–H and O–H groups in total. The maximum absolute atomic E-state index is 13.0. The van der Waals surface area contributed by atoms with Crippen LogP contribution in [0.25, 0.3) is 0 Å². The normalized spacial score (nSPS) is 14.4. The van der Waals surface area contributed by atoms with Crippen molar-refractivity contribution in [2.45, 2.75) is 31.8 Å². The van der Waals surface area contributed by atoms with Gasteiger partial charge in [-0.1, -0.05) is 30.3 Å². The molecule has 0 unspecified atom stereocenters. The van der Waals surface area contributed by atoms with Crippen LogP contribution in [-0.2, 0) is 6.54 Å². The summed E-state index contributed by atoms with van der Waals surface area (Å²) in [6.07, 6.45) is -3.12. The van der Waals surface area contributed by atoms with Crippen LogP contribution in [0.15, 0.2) is 72.8 Å². The Bertz CT molecular complexity index is 1260. The maximum Gasteiger partial charge on any atom is 0.573 e. The third-order valence-electron chi connectivity index (χ3n) is 6.22. The molecule has 0 radical (unpaired) electrons. The smallest absolute Gasteiger partial charge is 0.496 e. The number of amides is 3. The molecule has 1 fully saturated rings. The predicted octanol–water partition coefficient (Wildman–Crippen LogP) is 5.63. The number of nitrogens with zero attached hydrogens (tertiary/aromatic N) is 1. The van der Waals surface area contributed by atoms with Crippen LogP contribution >= 0.6 is 0 Å². The first kappa shape index (κ1) is 27.8. The second-order valence-corrected chi connectivity index (χ2v) is 9.08. The summed E-state index contributed by atoms with van der Waals surface area (Å²) in [4.78, 5) is 27.7. The lowest BCUT2D eigenvalue weighted by Crippen LogP contribution is -2.44. The summed E-state index contributed by atoms with van der Waals surface area (Å²) in [5.41, 5.74) is 2.24. The number of hydrogen-bond donors (Lipinski definition) is 3. The number of carbonyl (C=O) groups excluding carboxylic acids is 2. The number of nitrogens with one attached hydrogen (secondary N) is 3. The lowest BCUT2D eigenvalue weighted by molar-refractivity contribution is -0.274. The minimum absolute atomic E-state index is 0.0470. The third-order valence-corrected chi connectivity index (χ3v) is 6.22. The number of likely N-dealkylation sites (tertiary alicyclic amines) is 1. The van der Waals surface area contributed by atoms with Gasteiger partial charge in [-0.25, -0.2) is 4.79 Å². The van der Waals surface area contributed by atoms with Gasteiger partial charge in [-0.15, -0.1) is 13.2 Å². The molecule has 0 aromatic heterocycles. The zero-order valence-corrected chi connectivity index (χ0v) is 21.3. The van der Waals surface area contributed by atoms with E-state index in [9.17, 15) is 22.8 Å². The van der Waals surface area contributed by atoms with Gasteiger partial charge in [-0.05, 0) is 54.8 Å². The Morgan fingerprint density at radius 1 is 0.923 bits per heavy atom. The Kier molecular flexibility index (Phi) is 8.92. The summed E-state index contributed by atoms with van der Waals surface area (Å²) < 4.78 is 46.1. The van der Waals surface area contributed by atoms with Gasteiger partial charge in [-0.2, -0.15) is 0 Å². The van der Waals surface area contributed by atoms with E-state index in [1.165, 1.54) is 30.9 Å². The molecule has 0 atom stereocenters. The quantitative estimate of drug-likeness (QED) is 0.343. The molecule has 3 amide bonds. The van der Waals surface area contributed by atoms with Gasteiger partial charge < -0.3 is 25.4 Å². The van der Waals surface area contributed by atoms with Gasteiger partial charge in [-0.3, -0.25) is 9.69 Å². The number of benzene rings is 3. The highest BCUT2D eigenvalue weighted by Gasteiger charge is 2.31. The minimum Gasteiger partial charge on any atom is -0.496 e. The van der Waals surface area contributed by atoms with Crippen molar-refractivity contribution in [2.24, 2.45) is 0 Å². The number of carbonyl (C=O) groups is 2. The summed E-state index contributed by atoms with van der Waals surface area (Å²) in [7, 11) is 1.43. The van der Waals surface area contributed by atoms with Crippen molar-refractivity contribution in [1.82, 2.24) is 10.2 Å². The fourth-order valence-electron chi connectivity index (χ4n) is 4.33. The molecule has 1 aliphatic rings. The number of hydrogen-bond acceptors (Lipinski definition) is 5. The van der Waals surface area contributed by atoms with Crippen LogP contribution in [0.1, 0.15) is 28.8 Å². The van der Waals surface area contributed by atoms with E-state index in [1.54, 1.807) is 12.1 Å². The van der Waals surface area contributed by atoms with Crippen LogP contribution in [0.5, 0.6) is 11.5 Å². The van der Waals surface area contributed by atoms with Crippen LogP contribution in [0.3, 0.4) is 0 Å². The van der Waals surface area contributed by atoms with Gasteiger partial charge >= 0.3 is 12.4 Å². The molecule has 0 bridgehead atoms. The predicted molar refractivity (Wildman–Crippen MR) is 141 cm³/mol. The van der Waals surface area contributed by atoms with E-state index in [4.69, 9.17) is 4.74 Å². The molecule has 39 heavy (non-hydrogen) atoms. The number of rotatable bonds is 8. The molecule has 8 nitrogen and oxygen atoms in total. The highest BCUT2D eigenvalue weighted by atomic mass is 19.4. The first-order valence-electron chi connectivity index (χ1n) is 12.4. The lowest BCUT2D eigenvalue weighted by atomic mass is 10.0. The van der Waals surface area contributed by atoms with Crippen molar-refractivity contribution in [3.63, 3.8) is 0 Å². The first-order valence-corrected chi connectivity index (χ1v) is 12.4. The van der Waals surface area contributed by atoms with E-state index in [0.717, 1.165) is 44.6 Å². The van der Waals surface area contributed by atoms with E-state index in [-0.39, 0.29) is 17.6 Å². The average Bonchev–Trinajstić information content (AvgIpc) is 2.90. The third kappa shape index (κ3) is 8.37. The van der Waals surface area contributed by atoms with Crippen LogP contribution in [-0.4, -0.2) is 49.4 Å². The largest absolute Gasteiger partial charge is 0.573 e. The number of methoxy groups -OCH3 is 1. The van der Waals surface area contributed by atoms with Crippen LogP contribution in [0.4, 0.5) is 29.3 Å². The molecule has 11 heteroatoms. The number of halogens is 3. The summed E-state index contributed by atoms with van der Waals surface area (Å²) in [5.74, 6) is -0.365. The maximum atomic E-state index is 13.0. The Balaban J connectivity index is 1.28. The molecule has 3 aromatic rings. The van der Waals surface area contributed by atoms with Crippen LogP contribution in [0.2, 0.25) is 0 Å². The van der Waals surface area contributed by atoms with Crippen molar-refractivity contribution >= 4 is 23.3 Å². The van der Waals surface area contributed by atoms with Gasteiger partial charge in [0.1, 0.15) is 11.5 Å². The standard InChI is InChI=1S/C28H29F3N4O4/c1-38-25-17-22(34-27(37)33-20-7-10-23(11-8-20)39-28(29,30)31)9-12-24(25)26(36)32-21-13-15-35(16-14-21)18-19-5-3-2-4-6-19/h2-12,17,21H,13-16,18H2,1H3,(H,32,36)(H2,33,34,37). The molecule has 4 rings (SSSR count). The van der Waals surface area contributed by atoms with Crippen molar-refractivity contribution in [2.75, 3.05) is 30.8 Å². The van der Waals surface area contributed by atoms with Crippen molar-refractivity contribution in [3.05, 3.63) is 83.9 Å². The summed E-state index contributed by atoms with van der Waals surface area (Å²) in [5, 5.41) is 8.21. The van der Waals surface area contributed by atoms with Gasteiger partial charge in [0, 0.05) is 43.1 Å². The van der Waals surface area contributed by atoms with Gasteiger partial charge in [0.2, 0.25) is 0 Å². The molecule has 0 saturated carbocycles. The van der Waals surface area contributed by atoms with Crippen LogP contribution < -0.4 is 25.4 Å². The Hall–Kier alpha value is -4.25. The lowest BCUT2D eigenvalue weighted by Gasteiger charge is -2.32. The number of piperidine rings is 1. The van der Waals surface area contributed by atoms with Gasteiger partial charge in [0.25, 0.3) is 5.91 Å². The highest BCUT2D eigenvalue weighted by Crippen LogP contribution is 2.26. The first-order chi connectivity index (χ1) is 18.7. The van der Waals surface area contributed by atoms with E-state index in [0.29, 0.717) is 17.0 Å². The zero-order chi connectivity index (χ0) is 27.8. The average molecular weight is 543 g/mol. The van der Waals surface area contributed by atoms with E-state index >= 15 is 0 Å². The summed E-state index contributed by atoms with van der Waals surface area (Å²) in [6, 6.07) is 19.1. The monoisotopic (exact) mass is 542 g/mol. The highest BCUT2D eigenvalue weighted by molar-refractivity contribution is 6.01. The topological polar surface area (TPSA) is 91.9 Å². The Labute approximate surface area is 224 Å². The van der Waals surface area contributed by atoms with Crippen LogP contribution in [0, 0.1) is 0 Å². The SMILES string of the molecule is COc1cc(NC(=O)Nc2ccc(OC(F)(F)F)cc2)ccc1C(=O)NC1CCN(Cc2ccccc2)CC1. The van der Waals surface area contributed by atoms with E-state index in [2.05, 4.69) is 37.7 Å². The number of anilines is 2. The second kappa shape index (κ2) is 12.5. The van der Waals surface area contributed by atoms with E-state index < -0.39 is 18.1 Å². The number of alkyl halides is 3. The zero-order valence-electron chi connectivity index (χ0n) is 21.3. The van der Waals surface area contributed by atoms with Crippen molar-refractivity contribution < 1.29 is 32.2 Å². The van der Waals surface area contributed by atoms with Crippen molar-refractivity contribution in [1.29, 1.82) is 0 Å². The Morgan fingerprint density at radius 3 is 2.21 bits per heavy atom. The van der Waals surface area contributed by atoms with Gasteiger partial charge in [0.05, 0.1) is 12.7 Å². The van der Waals surface area contributed by atoms with Gasteiger partial charge in [0.15, 0.2) is 0 Å². The fraction of sp³-hybridized carbons (Fsp3) is 0.286. The summed E-state index contributed by atoms with van der Waals surface area (Å²) in [6.45, 7) is 2.65. The number of ether oxygens (including phenoxy) is 2. The van der Waals surface area contributed by atoms with E-state index in [1.807, 2.05) is 18.2 Å². The summed E-state index contributed by atoms with van der Waals surface area (Å²) >= 11 is 0. The minimum atomic E-state index is -4.80. The molecule has 0 aliphatic carbocycles. The Morgan fingerprint density at radius 2 is 1.56 bits per heavy atom. The molecule has 0 spiro atoms. The molecule has 1 aliphatic heterocycles. The fourth-order valence-corrected chi connectivity index (χ4v) is 4.33. The molecule has 3 aromatic carbocycles. The number of urea groups is 1. The second-order valence-electron chi connectivity index (χ2n) is 9.08.